The first kappa shape index (κ1) is 15.0. The minimum atomic E-state index is 0.164. The van der Waals surface area contributed by atoms with E-state index in [2.05, 4.69) is 37.9 Å². The minimum absolute atomic E-state index is 0.164. The summed E-state index contributed by atoms with van der Waals surface area (Å²) >= 11 is 0. The van der Waals surface area contributed by atoms with Crippen LogP contribution in [-0.2, 0) is 0 Å². The van der Waals surface area contributed by atoms with Crippen molar-refractivity contribution in [3.63, 3.8) is 0 Å². The Hall–Kier alpha value is -1.06. The fraction of sp³-hybridized carbons (Fsp3) is 0.600. The number of likely N-dealkylation sites (N-methyl/N-ethyl adjacent to an activating group) is 1. The van der Waals surface area contributed by atoms with Crippen molar-refractivity contribution in [3.05, 3.63) is 29.8 Å². The van der Waals surface area contributed by atoms with E-state index in [1.807, 2.05) is 18.2 Å². The van der Waals surface area contributed by atoms with Crippen molar-refractivity contribution in [2.24, 2.45) is 0 Å². The molecule has 0 heterocycles. The standard InChI is InChI=1S/C15H26N2O/c1-5-17(6-2)11-12(3)16-13(4)14-9-7-8-10-15(14)18/h7-10,12-13,16,18H,5-6,11H2,1-4H3. The van der Waals surface area contributed by atoms with E-state index in [0.717, 1.165) is 25.2 Å². The second-order valence-electron chi connectivity index (χ2n) is 4.83. The van der Waals surface area contributed by atoms with Gasteiger partial charge < -0.3 is 15.3 Å². The van der Waals surface area contributed by atoms with E-state index in [4.69, 9.17) is 0 Å². The molecule has 0 aliphatic heterocycles. The predicted molar refractivity (Wildman–Crippen MR) is 76.9 cm³/mol. The third-order valence-corrected chi connectivity index (χ3v) is 3.36. The monoisotopic (exact) mass is 250 g/mol. The van der Waals surface area contributed by atoms with Gasteiger partial charge in [-0.3, -0.25) is 0 Å². The Morgan fingerprint density at radius 3 is 2.33 bits per heavy atom. The lowest BCUT2D eigenvalue weighted by Gasteiger charge is -2.26. The van der Waals surface area contributed by atoms with Gasteiger partial charge in [0, 0.05) is 24.2 Å². The molecular formula is C15H26N2O. The molecule has 0 bridgehead atoms. The Labute approximate surface area is 111 Å². The maximum Gasteiger partial charge on any atom is 0.120 e. The number of hydrogen-bond donors (Lipinski definition) is 2. The van der Waals surface area contributed by atoms with Crippen LogP contribution in [-0.4, -0.2) is 35.7 Å². The SMILES string of the molecule is CCN(CC)CC(C)NC(C)c1ccccc1O. The molecule has 0 aliphatic rings. The van der Waals surface area contributed by atoms with Crippen molar-refractivity contribution >= 4 is 0 Å². The molecule has 2 N–H and O–H groups in total. The Bertz CT molecular complexity index is 350. The molecule has 18 heavy (non-hydrogen) atoms. The van der Waals surface area contributed by atoms with E-state index < -0.39 is 0 Å². The first-order valence-corrected chi connectivity index (χ1v) is 6.84. The average Bonchev–Trinajstić information content (AvgIpc) is 2.36. The molecule has 0 saturated carbocycles. The summed E-state index contributed by atoms with van der Waals surface area (Å²) in [6, 6.07) is 8.09. The number of benzene rings is 1. The highest BCUT2D eigenvalue weighted by molar-refractivity contribution is 5.34. The van der Waals surface area contributed by atoms with Gasteiger partial charge in [-0.15, -0.1) is 0 Å². The molecule has 1 aromatic rings. The number of rotatable bonds is 7. The van der Waals surface area contributed by atoms with Gasteiger partial charge in [-0.05, 0) is 33.0 Å². The molecule has 3 heteroatoms. The quantitative estimate of drug-likeness (QED) is 0.781. The molecule has 0 radical (unpaired) electrons. The zero-order valence-corrected chi connectivity index (χ0v) is 12.0. The first-order valence-electron chi connectivity index (χ1n) is 6.84. The normalized spacial score (nSPS) is 14.7. The van der Waals surface area contributed by atoms with Gasteiger partial charge in [0.05, 0.1) is 0 Å². The Kier molecular flexibility index (Phi) is 6.16. The zero-order chi connectivity index (χ0) is 13.5. The van der Waals surface area contributed by atoms with Crippen molar-refractivity contribution in [1.82, 2.24) is 10.2 Å². The molecule has 1 rings (SSSR count). The summed E-state index contributed by atoms with van der Waals surface area (Å²) in [5.41, 5.74) is 0.962. The fourth-order valence-electron chi connectivity index (χ4n) is 2.29. The number of phenols is 1. The van der Waals surface area contributed by atoms with Crippen LogP contribution in [0.2, 0.25) is 0 Å². The first-order chi connectivity index (χ1) is 8.58. The van der Waals surface area contributed by atoms with E-state index >= 15 is 0 Å². The summed E-state index contributed by atoms with van der Waals surface area (Å²) in [6.07, 6.45) is 0. The lowest BCUT2D eigenvalue weighted by Crippen LogP contribution is -2.40. The van der Waals surface area contributed by atoms with Gasteiger partial charge in [0.1, 0.15) is 5.75 Å². The van der Waals surface area contributed by atoms with Crippen molar-refractivity contribution < 1.29 is 5.11 Å². The maximum absolute atomic E-state index is 9.82. The topological polar surface area (TPSA) is 35.5 Å². The molecule has 0 saturated heterocycles. The Balaban J connectivity index is 2.54. The molecule has 1 aromatic carbocycles. The van der Waals surface area contributed by atoms with E-state index in [1.165, 1.54) is 0 Å². The van der Waals surface area contributed by atoms with E-state index in [1.54, 1.807) is 6.07 Å². The second kappa shape index (κ2) is 7.39. The van der Waals surface area contributed by atoms with E-state index in [0.29, 0.717) is 11.8 Å². The van der Waals surface area contributed by atoms with Crippen LogP contribution in [0.5, 0.6) is 5.75 Å². The van der Waals surface area contributed by atoms with Gasteiger partial charge in [0.2, 0.25) is 0 Å². The highest BCUT2D eigenvalue weighted by Crippen LogP contribution is 2.23. The number of nitrogens with zero attached hydrogens (tertiary/aromatic N) is 1. The summed E-state index contributed by atoms with van der Waals surface area (Å²) in [6.45, 7) is 11.8. The van der Waals surface area contributed by atoms with Gasteiger partial charge in [-0.25, -0.2) is 0 Å². The lowest BCUT2D eigenvalue weighted by atomic mass is 10.1. The van der Waals surface area contributed by atoms with Crippen LogP contribution < -0.4 is 5.32 Å². The van der Waals surface area contributed by atoms with Gasteiger partial charge in [-0.2, -0.15) is 0 Å². The van der Waals surface area contributed by atoms with Crippen LogP contribution >= 0.6 is 0 Å². The van der Waals surface area contributed by atoms with Crippen LogP contribution in [0.1, 0.15) is 39.3 Å². The summed E-state index contributed by atoms with van der Waals surface area (Å²) in [4.78, 5) is 2.40. The van der Waals surface area contributed by atoms with E-state index in [-0.39, 0.29) is 6.04 Å². The summed E-state index contributed by atoms with van der Waals surface area (Å²) in [5.74, 6) is 0.368. The van der Waals surface area contributed by atoms with Crippen molar-refractivity contribution in [2.45, 2.75) is 39.8 Å². The van der Waals surface area contributed by atoms with Gasteiger partial charge in [0.15, 0.2) is 0 Å². The fourth-order valence-corrected chi connectivity index (χ4v) is 2.29. The highest BCUT2D eigenvalue weighted by Gasteiger charge is 2.13. The zero-order valence-electron chi connectivity index (χ0n) is 12.0. The van der Waals surface area contributed by atoms with Crippen LogP contribution in [0, 0.1) is 0 Å². The third-order valence-electron chi connectivity index (χ3n) is 3.36. The molecule has 2 unspecified atom stereocenters. The number of nitrogens with one attached hydrogen (secondary N) is 1. The molecule has 0 fully saturated rings. The molecule has 0 spiro atoms. The maximum atomic E-state index is 9.82. The van der Waals surface area contributed by atoms with Gasteiger partial charge in [0.25, 0.3) is 0 Å². The lowest BCUT2D eigenvalue weighted by molar-refractivity contribution is 0.263. The largest absolute Gasteiger partial charge is 0.508 e. The van der Waals surface area contributed by atoms with Gasteiger partial charge >= 0.3 is 0 Å². The molecule has 0 aromatic heterocycles. The molecule has 0 aliphatic carbocycles. The molecule has 2 atom stereocenters. The third kappa shape index (κ3) is 4.31. The van der Waals surface area contributed by atoms with Crippen molar-refractivity contribution in [2.75, 3.05) is 19.6 Å². The van der Waals surface area contributed by atoms with Crippen LogP contribution in [0.4, 0.5) is 0 Å². The second-order valence-corrected chi connectivity index (χ2v) is 4.83. The predicted octanol–water partition coefficient (Wildman–Crippen LogP) is 2.77. The molecule has 102 valence electrons. The summed E-state index contributed by atoms with van der Waals surface area (Å²) in [5, 5.41) is 13.4. The van der Waals surface area contributed by atoms with Crippen LogP contribution in [0.3, 0.4) is 0 Å². The molecule has 3 nitrogen and oxygen atoms in total. The Morgan fingerprint density at radius 2 is 1.78 bits per heavy atom. The van der Waals surface area contributed by atoms with Crippen molar-refractivity contribution in [3.8, 4) is 5.75 Å². The smallest absolute Gasteiger partial charge is 0.120 e. The van der Waals surface area contributed by atoms with Gasteiger partial charge in [-0.1, -0.05) is 32.0 Å². The summed E-state index contributed by atoms with van der Waals surface area (Å²) in [7, 11) is 0. The number of hydrogen-bond acceptors (Lipinski definition) is 3. The summed E-state index contributed by atoms with van der Waals surface area (Å²) < 4.78 is 0. The number of aromatic hydroxyl groups is 1. The van der Waals surface area contributed by atoms with E-state index in [9.17, 15) is 5.11 Å². The molecule has 0 amide bonds. The van der Waals surface area contributed by atoms with Crippen molar-refractivity contribution in [1.29, 1.82) is 0 Å². The number of phenolic OH excluding ortho intramolecular Hbond substituents is 1. The molecular weight excluding hydrogens is 224 g/mol. The average molecular weight is 250 g/mol. The minimum Gasteiger partial charge on any atom is -0.508 e. The highest BCUT2D eigenvalue weighted by atomic mass is 16.3. The van der Waals surface area contributed by atoms with Crippen LogP contribution in [0.25, 0.3) is 0 Å². The number of para-hydroxylation sites is 1. The Morgan fingerprint density at radius 1 is 1.17 bits per heavy atom. The van der Waals surface area contributed by atoms with Crippen LogP contribution in [0.15, 0.2) is 24.3 Å².